The van der Waals surface area contributed by atoms with Gasteiger partial charge >= 0.3 is 0 Å². The molecule has 1 unspecified atom stereocenters. The van der Waals surface area contributed by atoms with E-state index in [4.69, 9.17) is 0 Å². The fraction of sp³-hybridized carbons (Fsp3) is 0.417. The van der Waals surface area contributed by atoms with Gasteiger partial charge in [0, 0.05) is 4.47 Å². The van der Waals surface area contributed by atoms with Crippen LogP contribution in [-0.2, 0) is 0 Å². The van der Waals surface area contributed by atoms with Crippen LogP contribution in [0.5, 0.6) is 0 Å². The Morgan fingerprint density at radius 3 is 3.12 bits per heavy atom. The molecule has 0 spiro atoms. The number of halogens is 1. The molecule has 2 nitrogen and oxygen atoms in total. The Morgan fingerprint density at radius 1 is 1.38 bits per heavy atom. The predicted molar refractivity (Wildman–Crippen MR) is 72.8 cm³/mol. The smallest absolute Gasteiger partial charge is 0.120 e. The molecule has 4 heteroatoms. The van der Waals surface area contributed by atoms with Gasteiger partial charge in [0.25, 0.3) is 0 Å². The Kier molecular flexibility index (Phi) is 2.94. The fourth-order valence-corrected chi connectivity index (χ4v) is 3.73. The number of benzene rings is 1. The summed E-state index contributed by atoms with van der Waals surface area (Å²) in [6.07, 6.45) is 3.94. The number of rotatable bonds is 1. The molecule has 0 amide bonds. The van der Waals surface area contributed by atoms with Crippen LogP contribution in [0.15, 0.2) is 22.7 Å². The van der Waals surface area contributed by atoms with E-state index in [1.807, 2.05) is 17.8 Å². The van der Waals surface area contributed by atoms with E-state index in [9.17, 15) is 0 Å². The van der Waals surface area contributed by atoms with Gasteiger partial charge in [0.2, 0.25) is 0 Å². The number of imidazole rings is 1. The first-order chi connectivity index (χ1) is 7.83. The lowest BCUT2D eigenvalue weighted by atomic mass is 10.2. The normalized spacial score (nSPS) is 21.4. The van der Waals surface area contributed by atoms with Gasteiger partial charge in [0.15, 0.2) is 0 Å². The van der Waals surface area contributed by atoms with Crippen molar-refractivity contribution in [3.8, 4) is 0 Å². The summed E-state index contributed by atoms with van der Waals surface area (Å²) < 4.78 is 1.10. The average Bonchev–Trinajstić information content (AvgIpc) is 2.73. The molecule has 1 atom stereocenters. The number of hydrogen-bond donors (Lipinski definition) is 1. The van der Waals surface area contributed by atoms with E-state index >= 15 is 0 Å². The second-order valence-corrected chi connectivity index (χ2v) is 6.37. The maximum absolute atomic E-state index is 4.68. The lowest BCUT2D eigenvalue weighted by Gasteiger charge is -2.18. The Balaban J connectivity index is 1.97. The largest absolute Gasteiger partial charge is 0.341 e. The standard InChI is InChI=1S/C12H13BrN2S/c13-8-4-5-9-10(7-8)15-12(14-9)11-3-1-2-6-16-11/h4-5,7,11H,1-3,6H2,(H,14,15). The maximum Gasteiger partial charge on any atom is 0.120 e. The van der Waals surface area contributed by atoms with Crippen molar-refractivity contribution in [2.75, 3.05) is 5.75 Å². The van der Waals surface area contributed by atoms with Crippen molar-refractivity contribution in [1.82, 2.24) is 9.97 Å². The fourth-order valence-electron chi connectivity index (χ4n) is 2.11. The topological polar surface area (TPSA) is 28.7 Å². The molecule has 0 saturated carbocycles. The number of thioether (sulfide) groups is 1. The number of aromatic amines is 1. The molecule has 1 N–H and O–H groups in total. The first-order valence-electron chi connectivity index (χ1n) is 5.60. The lowest BCUT2D eigenvalue weighted by molar-refractivity contribution is 0.668. The van der Waals surface area contributed by atoms with Gasteiger partial charge in [-0.05, 0) is 36.8 Å². The number of H-pyrrole nitrogens is 1. The highest BCUT2D eigenvalue weighted by molar-refractivity contribution is 9.10. The van der Waals surface area contributed by atoms with Crippen LogP contribution >= 0.6 is 27.7 Å². The summed E-state index contributed by atoms with van der Waals surface area (Å²) in [5.74, 6) is 2.42. The van der Waals surface area contributed by atoms with Gasteiger partial charge in [0.1, 0.15) is 5.82 Å². The Hall–Kier alpha value is -0.480. The molecule has 1 aliphatic heterocycles. The van der Waals surface area contributed by atoms with E-state index in [1.165, 1.54) is 25.0 Å². The summed E-state index contributed by atoms with van der Waals surface area (Å²) in [6, 6.07) is 6.20. The van der Waals surface area contributed by atoms with Gasteiger partial charge in [-0.15, -0.1) is 0 Å². The molecular formula is C12H13BrN2S. The van der Waals surface area contributed by atoms with E-state index in [2.05, 4.69) is 38.0 Å². The van der Waals surface area contributed by atoms with Gasteiger partial charge in [-0.25, -0.2) is 4.98 Å². The summed E-state index contributed by atoms with van der Waals surface area (Å²) in [7, 11) is 0. The van der Waals surface area contributed by atoms with Crippen molar-refractivity contribution in [2.45, 2.75) is 24.5 Å². The number of hydrogen-bond acceptors (Lipinski definition) is 2. The average molecular weight is 297 g/mol. The summed E-state index contributed by atoms with van der Waals surface area (Å²) in [5, 5.41) is 0.569. The Morgan fingerprint density at radius 2 is 2.31 bits per heavy atom. The maximum atomic E-state index is 4.68. The zero-order valence-electron chi connectivity index (χ0n) is 8.87. The zero-order chi connectivity index (χ0) is 11.0. The van der Waals surface area contributed by atoms with Crippen molar-refractivity contribution in [2.24, 2.45) is 0 Å². The Labute approximate surface area is 107 Å². The third-order valence-corrected chi connectivity index (χ3v) is 4.83. The molecule has 0 radical (unpaired) electrons. The summed E-state index contributed by atoms with van der Waals surface area (Å²) in [5.41, 5.74) is 2.21. The lowest BCUT2D eigenvalue weighted by Crippen LogP contribution is -2.03. The van der Waals surface area contributed by atoms with Crippen molar-refractivity contribution in [3.63, 3.8) is 0 Å². The molecular weight excluding hydrogens is 284 g/mol. The summed E-state index contributed by atoms with van der Waals surface area (Å²) in [6.45, 7) is 0. The van der Waals surface area contributed by atoms with Crippen LogP contribution in [0.1, 0.15) is 30.3 Å². The van der Waals surface area contributed by atoms with Gasteiger partial charge in [0.05, 0.1) is 16.3 Å². The first kappa shape index (κ1) is 10.7. The highest BCUT2D eigenvalue weighted by Gasteiger charge is 2.19. The van der Waals surface area contributed by atoms with Crippen LogP contribution in [0, 0.1) is 0 Å². The molecule has 2 heterocycles. The van der Waals surface area contributed by atoms with Gasteiger partial charge < -0.3 is 4.98 Å². The molecule has 3 rings (SSSR count). The molecule has 84 valence electrons. The van der Waals surface area contributed by atoms with Gasteiger partial charge in [-0.3, -0.25) is 0 Å². The molecule has 2 aromatic rings. The highest BCUT2D eigenvalue weighted by atomic mass is 79.9. The monoisotopic (exact) mass is 296 g/mol. The summed E-state index contributed by atoms with van der Waals surface area (Å²) in [4.78, 5) is 8.12. The Bertz CT molecular complexity index is 503. The molecule has 1 aromatic carbocycles. The van der Waals surface area contributed by atoms with Gasteiger partial charge in [-0.1, -0.05) is 22.4 Å². The minimum Gasteiger partial charge on any atom is -0.341 e. The molecule has 1 fully saturated rings. The third kappa shape index (κ3) is 2.00. The van der Waals surface area contributed by atoms with Crippen molar-refractivity contribution in [1.29, 1.82) is 0 Å². The van der Waals surface area contributed by atoms with E-state index in [1.54, 1.807) is 0 Å². The summed E-state index contributed by atoms with van der Waals surface area (Å²) >= 11 is 5.51. The second kappa shape index (κ2) is 4.41. The van der Waals surface area contributed by atoms with Crippen LogP contribution < -0.4 is 0 Å². The SMILES string of the molecule is Brc1ccc2nc(C3CCCCS3)[nH]c2c1. The minimum atomic E-state index is 0.569. The second-order valence-electron chi connectivity index (χ2n) is 4.14. The molecule has 1 saturated heterocycles. The molecule has 1 aliphatic rings. The van der Waals surface area contributed by atoms with Gasteiger partial charge in [-0.2, -0.15) is 11.8 Å². The zero-order valence-corrected chi connectivity index (χ0v) is 11.3. The van der Waals surface area contributed by atoms with Crippen molar-refractivity contribution >= 4 is 38.7 Å². The van der Waals surface area contributed by atoms with Crippen LogP contribution in [0.25, 0.3) is 11.0 Å². The van der Waals surface area contributed by atoms with Crippen LogP contribution in [0.4, 0.5) is 0 Å². The van der Waals surface area contributed by atoms with E-state index in [0.717, 1.165) is 21.3 Å². The third-order valence-electron chi connectivity index (χ3n) is 2.95. The number of nitrogens with one attached hydrogen (secondary N) is 1. The van der Waals surface area contributed by atoms with E-state index in [-0.39, 0.29) is 0 Å². The highest BCUT2D eigenvalue weighted by Crippen LogP contribution is 2.37. The molecule has 0 bridgehead atoms. The van der Waals surface area contributed by atoms with E-state index < -0.39 is 0 Å². The van der Waals surface area contributed by atoms with Crippen molar-refractivity contribution in [3.05, 3.63) is 28.5 Å². The van der Waals surface area contributed by atoms with Crippen LogP contribution in [0.3, 0.4) is 0 Å². The van der Waals surface area contributed by atoms with E-state index in [0.29, 0.717) is 5.25 Å². The number of nitrogens with zero attached hydrogens (tertiary/aromatic N) is 1. The van der Waals surface area contributed by atoms with Crippen molar-refractivity contribution < 1.29 is 0 Å². The number of aromatic nitrogens is 2. The van der Waals surface area contributed by atoms with Crippen LogP contribution in [0.2, 0.25) is 0 Å². The molecule has 1 aromatic heterocycles. The molecule has 0 aliphatic carbocycles. The predicted octanol–water partition coefficient (Wildman–Crippen LogP) is 4.28. The van der Waals surface area contributed by atoms with Crippen LogP contribution in [-0.4, -0.2) is 15.7 Å². The number of fused-ring (bicyclic) bond motifs is 1. The minimum absolute atomic E-state index is 0.569. The molecule has 16 heavy (non-hydrogen) atoms. The first-order valence-corrected chi connectivity index (χ1v) is 7.44. The quantitative estimate of drug-likeness (QED) is 0.851.